The van der Waals surface area contributed by atoms with Crippen molar-refractivity contribution in [3.05, 3.63) is 78.1 Å². The Morgan fingerprint density at radius 2 is 1.44 bits per heavy atom. The van der Waals surface area contributed by atoms with Gasteiger partial charge in [0.1, 0.15) is 5.82 Å². The highest BCUT2D eigenvalue weighted by molar-refractivity contribution is 5.55. The van der Waals surface area contributed by atoms with Crippen molar-refractivity contribution >= 4 is 0 Å². The zero-order chi connectivity index (χ0) is 18.7. The Morgan fingerprint density at radius 1 is 0.741 bits per heavy atom. The van der Waals surface area contributed by atoms with Gasteiger partial charge in [-0.15, -0.1) is 0 Å². The van der Waals surface area contributed by atoms with Crippen LogP contribution < -0.4 is 0 Å². The molecule has 3 aromatic rings. The maximum Gasteiger partial charge on any atom is 0.140 e. The summed E-state index contributed by atoms with van der Waals surface area (Å²) in [6.45, 7) is 3.34. The van der Waals surface area contributed by atoms with Crippen molar-refractivity contribution in [2.24, 2.45) is 0 Å². The molecule has 0 unspecified atom stereocenters. The molecular weight excluding hydrogens is 328 g/mol. The van der Waals surface area contributed by atoms with Crippen LogP contribution in [0.5, 0.6) is 0 Å². The molecule has 0 saturated carbocycles. The van der Waals surface area contributed by atoms with Crippen LogP contribution in [-0.2, 0) is 19.4 Å². The van der Waals surface area contributed by atoms with Gasteiger partial charge in [0.2, 0.25) is 0 Å². The van der Waals surface area contributed by atoms with E-state index in [1.807, 2.05) is 0 Å². The van der Waals surface area contributed by atoms with Crippen LogP contribution in [-0.4, -0.2) is 9.55 Å². The van der Waals surface area contributed by atoms with Gasteiger partial charge in [0.25, 0.3) is 0 Å². The van der Waals surface area contributed by atoms with Crippen molar-refractivity contribution in [1.82, 2.24) is 9.55 Å². The Bertz CT molecular complexity index is 775. The van der Waals surface area contributed by atoms with Crippen LogP contribution in [0, 0.1) is 0 Å². The van der Waals surface area contributed by atoms with Crippen molar-refractivity contribution in [2.45, 2.75) is 64.8 Å². The van der Waals surface area contributed by atoms with E-state index in [2.05, 4.69) is 78.4 Å². The molecule has 0 aliphatic carbocycles. The molecular formula is C25H32N2. The highest BCUT2D eigenvalue weighted by Gasteiger charge is 2.10. The molecule has 0 atom stereocenters. The Hall–Kier alpha value is -2.35. The van der Waals surface area contributed by atoms with E-state index in [9.17, 15) is 0 Å². The maximum atomic E-state index is 4.99. The van der Waals surface area contributed by atoms with Gasteiger partial charge < -0.3 is 4.57 Å². The number of hydrogen-bond acceptors (Lipinski definition) is 1. The number of hydrogen-bond donors (Lipinski definition) is 0. The summed E-state index contributed by atoms with van der Waals surface area (Å²) in [5.41, 5.74) is 3.86. The van der Waals surface area contributed by atoms with Crippen molar-refractivity contribution in [3.8, 4) is 11.4 Å². The second-order valence-corrected chi connectivity index (χ2v) is 7.37. The largest absolute Gasteiger partial charge is 0.331 e. The highest BCUT2D eigenvalue weighted by atomic mass is 15.1. The van der Waals surface area contributed by atoms with Crippen molar-refractivity contribution in [1.29, 1.82) is 0 Å². The lowest BCUT2D eigenvalue weighted by atomic mass is 10.1. The lowest BCUT2D eigenvalue weighted by Gasteiger charge is -2.07. The van der Waals surface area contributed by atoms with Crippen molar-refractivity contribution in [2.75, 3.05) is 0 Å². The predicted octanol–water partition coefficient (Wildman–Crippen LogP) is 6.70. The van der Waals surface area contributed by atoms with E-state index in [4.69, 9.17) is 4.98 Å². The number of unbranched alkanes of at least 4 members (excludes halogenated alkanes) is 4. The summed E-state index contributed by atoms with van der Waals surface area (Å²) in [4.78, 5) is 4.99. The average Bonchev–Trinajstić information content (AvgIpc) is 3.12. The van der Waals surface area contributed by atoms with E-state index >= 15 is 0 Å². The molecule has 0 spiro atoms. The topological polar surface area (TPSA) is 17.8 Å². The molecule has 0 saturated heterocycles. The molecule has 1 heterocycles. The monoisotopic (exact) mass is 360 g/mol. The van der Waals surface area contributed by atoms with Gasteiger partial charge in [-0.25, -0.2) is 4.98 Å². The smallest absolute Gasteiger partial charge is 0.140 e. The fourth-order valence-corrected chi connectivity index (χ4v) is 3.58. The number of benzene rings is 2. The van der Waals surface area contributed by atoms with Crippen LogP contribution in [0.3, 0.4) is 0 Å². The average molecular weight is 361 g/mol. The third kappa shape index (κ3) is 6.09. The Labute approximate surface area is 164 Å². The number of imidazole rings is 1. The van der Waals surface area contributed by atoms with Gasteiger partial charge in [-0.2, -0.15) is 0 Å². The molecule has 0 aliphatic rings. The van der Waals surface area contributed by atoms with Gasteiger partial charge in [-0.3, -0.25) is 0 Å². The van der Waals surface area contributed by atoms with Crippen LogP contribution in [0.15, 0.2) is 66.9 Å². The van der Waals surface area contributed by atoms with Gasteiger partial charge in [-0.1, -0.05) is 93.3 Å². The summed E-state index contributed by atoms with van der Waals surface area (Å²) in [6, 6.07) is 21.4. The first kappa shape index (κ1) is 19.4. The Kier molecular flexibility index (Phi) is 7.70. The molecule has 2 heteroatoms. The fraction of sp³-hybridized carbons (Fsp3) is 0.400. The predicted molar refractivity (Wildman–Crippen MR) is 115 cm³/mol. The first-order valence-corrected chi connectivity index (χ1v) is 10.5. The van der Waals surface area contributed by atoms with E-state index in [1.165, 1.54) is 48.9 Å². The Balaban J connectivity index is 1.63. The second kappa shape index (κ2) is 10.7. The number of rotatable bonds is 11. The molecule has 0 amide bonds. The summed E-state index contributed by atoms with van der Waals surface area (Å²) in [7, 11) is 0. The molecule has 0 aliphatic heterocycles. The SMILES string of the molecule is CCCCCCCn1cc(CCCc2ccccc2)nc1-c1ccccc1. The van der Waals surface area contributed by atoms with Crippen LogP contribution in [0.25, 0.3) is 11.4 Å². The lowest BCUT2D eigenvalue weighted by Crippen LogP contribution is -1.99. The number of aromatic nitrogens is 2. The highest BCUT2D eigenvalue weighted by Crippen LogP contribution is 2.21. The summed E-state index contributed by atoms with van der Waals surface area (Å²) in [5.74, 6) is 1.13. The molecule has 3 rings (SSSR count). The maximum absolute atomic E-state index is 4.99. The molecule has 0 N–H and O–H groups in total. The minimum atomic E-state index is 1.04. The van der Waals surface area contributed by atoms with Crippen LogP contribution in [0.1, 0.15) is 56.7 Å². The van der Waals surface area contributed by atoms with Gasteiger partial charge >= 0.3 is 0 Å². The van der Waals surface area contributed by atoms with E-state index in [0.717, 1.165) is 31.6 Å². The van der Waals surface area contributed by atoms with Gasteiger partial charge in [-0.05, 0) is 31.2 Å². The quantitative estimate of drug-likeness (QED) is 0.348. The molecule has 1 aromatic heterocycles. The molecule has 0 bridgehead atoms. The molecule has 27 heavy (non-hydrogen) atoms. The van der Waals surface area contributed by atoms with Crippen LogP contribution in [0.4, 0.5) is 0 Å². The molecule has 2 nitrogen and oxygen atoms in total. The van der Waals surface area contributed by atoms with Crippen molar-refractivity contribution < 1.29 is 0 Å². The van der Waals surface area contributed by atoms with E-state index in [-0.39, 0.29) is 0 Å². The third-order valence-corrected chi connectivity index (χ3v) is 5.10. The van der Waals surface area contributed by atoms with Gasteiger partial charge in [0.05, 0.1) is 5.69 Å². The van der Waals surface area contributed by atoms with E-state index in [0.29, 0.717) is 0 Å². The summed E-state index contributed by atoms with van der Waals surface area (Å²) >= 11 is 0. The minimum absolute atomic E-state index is 1.04. The van der Waals surface area contributed by atoms with E-state index in [1.54, 1.807) is 0 Å². The number of aryl methyl sites for hydroxylation is 3. The molecule has 0 fully saturated rings. The molecule has 142 valence electrons. The normalized spacial score (nSPS) is 11.0. The van der Waals surface area contributed by atoms with Gasteiger partial charge in [0.15, 0.2) is 0 Å². The zero-order valence-corrected chi connectivity index (χ0v) is 16.6. The minimum Gasteiger partial charge on any atom is -0.331 e. The first-order valence-electron chi connectivity index (χ1n) is 10.5. The van der Waals surface area contributed by atoms with Crippen molar-refractivity contribution in [3.63, 3.8) is 0 Å². The third-order valence-electron chi connectivity index (χ3n) is 5.10. The lowest BCUT2D eigenvalue weighted by molar-refractivity contribution is 0.570. The standard InChI is InChI=1S/C25H32N2/c1-2-3-4-5-12-20-27-21-24(19-13-16-22-14-8-6-9-15-22)26-25(27)23-17-10-7-11-18-23/h6-11,14-15,17-18,21H,2-5,12-13,16,19-20H2,1H3. The number of nitrogens with zero attached hydrogens (tertiary/aromatic N) is 2. The summed E-state index contributed by atoms with van der Waals surface area (Å²) in [6.07, 6.45) is 12.1. The fourth-order valence-electron chi connectivity index (χ4n) is 3.58. The summed E-state index contributed by atoms with van der Waals surface area (Å²) < 4.78 is 2.37. The first-order chi connectivity index (χ1) is 13.4. The second-order valence-electron chi connectivity index (χ2n) is 7.37. The molecule has 0 radical (unpaired) electrons. The Morgan fingerprint density at radius 3 is 2.19 bits per heavy atom. The van der Waals surface area contributed by atoms with E-state index < -0.39 is 0 Å². The summed E-state index contributed by atoms with van der Waals surface area (Å²) in [5, 5.41) is 0. The zero-order valence-electron chi connectivity index (χ0n) is 16.6. The van der Waals surface area contributed by atoms with Gasteiger partial charge in [0, 0.05) is 18.3 Å². The van der Waals surface area contributed by atoms with Crippen LogP contribution in [0.2, 0.25) is 0 Å². The molecule has 2 aromatic carbocycles. The van der Waals surface area contributed by atoms with Crippen LogP contribution >= 0.6 is 0 Å².